The van der Waals surface area contributed by atoms with Crippen molar-refractivity contribution in [1.82, 2.24) is 5.32 Å². The molecule has 0 saturated carbocycles. The Hall–Kier alpha value is -1.48. The Balaban J connectivity index is 1.97. The summed E-state index contributed by atoms with van der Waals surface area (Å²) in [5.74, 6) is 1.76. The second-order valence-corrected chi connectivity index (χ2v) is 4.48. The molecule has 1 aromatic heterocycles. The minimum atomic E-state index is 0.779. The average molecular weight is 247 g/mol. The van der Waals surface area contributed by atoms with E-state index in [4.69, 9.17) is 9.15 Å². The lowest BCUT2D eigenvalue weighted by atomic mass is 10.2. The molecule has 0 spiro atoms. The third kappa shape index (κ3) is 3.05. The van der Waals surface area contributed by atoms with Gasteiger partial charge in [-0.2, -0.15) is 0 Å². The molecule has 0 atom stereocenters. The number of furan rings is 1. The summed E-state index contributed by atoms with van der Waals surface area (Å²) in [6, 6.07) is 8.02. The van der Waals surface area contributed by atoms with Crippen molar-refractivity contribution in [2.45, 2.75) is 32.7 Å². The zero-order valence-corrected chi connectivity index (χ0v) is 11.2. The van der Waals surface area contributed by atoms with E-state index in [2.05, 4.69) is 18.3 Å². The van der Waals surface area contributed by atoms with Gasteiger partial charge >= 0.3 is 0 Å². The number of methoxy groups -OCH3 is 1. The van der Waals surface area contributed by atoms with Gasteiger partial charge in [0.15, 0.2) is 11.3 Å². The minimum absolute atomic E-state index is 0.779. The molecular weight excluding hydrogens is 226 g/mol. The molecule has 0 saturated heterocycles. The predicted molar refractivity (Wildman–Crippen MR) is 74.0 cm³/mol. The highest BCUT2D eigenvalue weighted by atomic mass is 16.5. The Bertz CT molecular complexity index is 490. The summed E-state index contributed by atoms with van der Waals surface area (Å²) in [5, 5.41) is 4.50. The fourth-order valence-electron chi connectivity index (χ4n) is 2.05. The number of nitrogens with one attached hydrogen (secondary N) is 1. The number of hydrogen-bond donors (Lipinski definition) is 1. The zero-order chi connectivity index (χ0) is 12.8. The van der Waals surface area contributed by atoms with E-state index in [-0.39, 0.29) is 0 Å². The molecule has 0 bridgehead atoms. The molecule has 98 valence electrons. The maximum absolute atomic E-state index is 5.81. The molecule has 0 aliphatic heterocycles. The van der Waals surface area contributed by atoms with E-state index >= 15 is 0 Å². The quantitative estimate of drug-likeness (QED) is 0.757. The summed E-state index contributed by atoms with van der Waals surface area (Å²) in [5.41, 5.74) is 0.838. The van der Waals surface area contributed by atoms with Crippen molar-refractivity contribution < 1.29 is 9.15 Å². The molecule has 18 heavy (non-hydrogen) atoms. The Morgan fingerprint density at radius 2 is 2.17 bits per heavy atom. The SMILES string of the molecule is CCCCCNCc1cc2cccc(OC)c2o1. The Kier molecular flexibility index (Phi) is 4.65. The predicted octanol–water partition coefficient (Wildman–Crippen LogP) is 3.72. The third-order valence-corrected chi connectivity index (χ3v) is 3.04. The second-order valence-electron chi connectivity index (χ2n) is 4.48. The summed E-state index contributed by atoms with van der Waals surface area (Å²) in [4.78, 5) is 0. The van der Waals surface area contributed by atoms with Crippen LogP contribution in [-0.4, -0.2) is 13.7 Å². The Labute approximate surface area is 108 Å². The average Bonchev–Trinajstić information content (AvgIpc) is 2.81. The van der Waals surface area contributed by atoms with E-state index in [9.17, 15) is 0 Å². The molecule has 0 aliphatic carbocycles. The number of unbranched alkanes of at least 4 members (excludes halogenated alkanes) is 2. The van der Waals surface area contributed by atoms with Gasteiger partial charge in [0.2, 0.25) is 0 Å². The number of fused-ring (bicyclic) bond motifs is 1. The van der Waals surface area contributed by atoms with Crippen LogP contribution in [0, 0.1) is 0 Å². The van der Waals surface area contributed by atoms with E-state index in [1.807, 2.05) is 18.2 Å². The first kappa shape index (κ1) is 13.0. The molecule has 1 N–H and O–H groups in total. The standard InChI is InChI=1S/C15H21NO2/c1-3-4-5-9-16-11-13-10-12-7-6-8-14(17-2)15(12)18-13/h6-8,10,16H,3-5,9,11H2,1-2H3. The fraction of sp³-hybridized carbons (Fsp3) is 0.467. The van der Waals surface area contributed by atoms with Crippen molar-refractivity contribution in [2.75, 3.05) is 13.7 Å². The number of ether oxygens (including phenoxy) is 1. The van der Waals surface area contributed by atoms with Crippen LogP contribution >= 0.6 is 0 Å². The van der Waals surface area contributed by atoms with Crippen molar-refractivity contribution >= 4 is 11.0 Å². The van der Waals surface area contributed by atoms with Crippen LogP contribution in [-0.2, 0) is 6.54 Å². The summed E-state index contributed by atoms with van der Waals surface area (Å²) in [6.45, 7) is 4.04. The largest absolute Gasteiger partial charge is 0.493 e. The molecule has 3 heteroatoms. The molecule has 3 nitrogen and oxygen atoms in total. The van der Waals surface area contributed by atoms with E-state index in [0.717, 1.165) is 35.6 Å². The van der Waals surface area contributed by atoms with Crippen molar-refractivity contribution in [3.8, 4) is 5.75 Å². The first-order chi connectivity index (χ1) is 8.85. The van der Waals surface area contributed by atoms with E-state index < -0.39 is 0 Å². The first-order valence-electron chi connectivity index (χ1n) is 6.61. The highest BCUT2D eigenvalue weighted by molar-refractivity contribution is 5.83. The van der Waals surface area contributed by atoms with Crippen molar-refractivity contribution in [3.63, 3.8) is 0 Å². The van der Waals surface area contributed by atoms with Crippen LogP contribution in [0.4, 0.5) is 0 Å². The minimum Gasteiger partial charge on any atom is -0.493 e. The van der Waals surface area contributed by atoms with Crippen LogP contribution in [0.1, 0.15) is 31.9 Å². The molecule has 0 radical (unpaired) electrons. The van der Waals surface area contributed by atoms with Gasteiger partial charge in [-0.1, -0.05) is 31.9 Å². The zero-order valence-electron chi connectivity index (χ0n) is 11.2. The molecule has 2 aromatic rings. The Morgan fingerprint density at radius 1 is 1.28 bits per heavy atom. The van der Waals surface area contributed by atoms with Crippen LogP contribution in [0.15, 0.2) is 28.7 Å². The van der Waals surface area contributed by atoms with Gasteiger partial charge in [0.1, 0.15) is 5.76 Å². The van der Waals surface area contributed by atoms with E-state index in [1.54, 1.807) is 7.11 Å². The topological polar surface area (TPSA) is 34.4 Å². The van der Waals surface area contributed by atoms with Crippen LogP contribution < -0.4 is 10.1 Å². The van der Waals surface area contributed by atoms with Crippen molar-refractivity contribution in [2.24, 2.45) is 0 Å². The molecule has 0 aliphatic rings. The van der Waals surface area contributed by atoms with Crippen LogP contribution in [0.5, 0.6) is 5.75 Å². The van der Waals surface area contributed by atoms with Gasteiger partial charge < -0.3 is 14.5 Å². The Morgan fingerprint density at radius 3 is 2.94 bits per heavy atom. The van der Waals surface area contributed by atoms with Crippen LogP contribution in [0.3, 0.4) is 0 Å². The summed E-state index contributed by atoms with van der Waals surface area (Å²) < 4.78 is 11.1. The lowest BCUT2D eigenvalue weighted by molar-refractivity contribution is 0.406. The molecule has 0 amide bonds. The monoisotopic (exact) mass is 247 g/mol. The third-order valence-electron chi connectivity index (χ3n) is 3.04. The maximum Gasteiger partial charge on any atom is 0.176 e. The van der Waals surface area contributed by atoms with E-state index in [0.29, 0.717) is 0 Å². The maximum atomic E-state index is 5.81. The van der Waals surface area contributed by atoms with Crippen molar-refractivity contribution in [1.29, 1.82) is 0 Å². The summed E-state index contributed by atoms with van der Waals surface area (Å²) in [6.07, 6.45) is 3.75. The highest BCUT2D eigenvalue weighted by Gasteiger charge is 2.07. The molecular formula is C15H21NO2. The molecule has 1 heterocycles. The van der Waals surface area contributed by atoms with Gasteiger partial charge in [-0.3, -0.25) is 0 Å². The normalized spacial score (nSPS) is 11.0. The number of para-hydroxylation sites is 1. The number of benzene rings is 1. The summed E-state index contributed by atoms with van der Waals surface area (Å²) in [7, 11) is 1.67. The van der Waals surface area contributed by atoms with Crippen LogP contribution in [0.2, 0.25) is 0 Å². The second kappa shape index (κ2) is 6.45. The van der Waals surface area contributed by atoms with Crippen molar-refractivity contribution in [3.05, 3.63) is 30.0 Å². The molecule has 1 aromatic carbocycles. The smallest absolute Gasteiger partial charge is 0.176 e. The van der Waals surface area contributed by atoms with Gasteiger partial charge in [0, 0.05) is 5.39 Å². The molecule has 0 unspecified atom stereocenters. The van der Waals surface area contributed by atoms with Gasteiger partial charge in [0.05, 0.1) is 13.7 Å². The summed E-state index contributed by atoms with van der Waals surface area (Å²) >= 11 is 0. The lowest BCUT2D eigenvalue weighted by Crippen LogP contribution is -2.13. The van der Waals surface area contributed by atoms with Crippen LogP contribution in [0.25, 0.3) is 11.0 Å². The van der Waals surface area contributed by atoms with E-state index in [1.165, 1.54) is 19.3 Å². The van der Waals surface area contributed by atoms with Gasteiger partial charge in [-0.15, -0.1) is 0 Å². The lowest BCUT2D eigenvalue weighted by Gasteiger charge is -2.01. The fourth-order valence-corrected chi connectivity index (χ4v) is 2.05. The number of hydrogen-bond acceptors (Lipinski definition) is 3. The number of rotatable bonds is 7. The van der Waals surface area contributed by atoms with Gasteiger partial charge in [-0.25, -0.2) is 0 Å². The first-order valence-corrected chi connectivity index (χ1v) is 6.61. The molecule has 2 rings (SSSR count). The molecule has 0 fully saturated rings. The van der Waals surface area contributed by atoms with Gasteiger partial charge in [-0.05, 0) is 25.1 Å². The van der Waals surface area contributed by atoms with Gasteiger partial charge in [0.25, 0.3) is 0 Å². The highest BCUT2D eigenvalue weighted by Crippen LogP contribution is 2.28.